The van der Waals surface area contributed by atoms with Gasteiger partial charge in [-0.2, -0.15) is 5.10 Å². The van der Waals surface area contributed by atoms with Crippen molar-refractivity contribution in [3.8, 4) is 11.5 Å². The van der Waals surface area contributed by atoms with E-state index >= 15 is 0 Å². The molecule has 0 aliphatic carbocycles. The maximum atomic E-state index is 10.7. The predicted molar refractivity (Wildman–Crippen MR) is 60.7 cm³/mol. The number of rotatable bonds is 3. The first kappa shape index (κ1) is 12.0. The number of methoxy groups -OCH3 is 1. The molecule has 0 atom stereocenters. The maximum absolute atomic E-state index is 10.7. The molecular weight excluding hydrogens is 208 g/mol. The van der Waals surface area contributed by atoms with Crippen LogP contribution in [0.3, 0.4) is 0 Å². The minimum absolute atomic E-state index is 0.0611. The Labute approximate surface area is 93.7 Å². The van der Waals surface area contributed by atoms with Gasteiger partial charge in [-0.15, -0.1) is 0 Å². The molecule has 0 aliphatic heterocycles. The molecule has 0 aliphatic rings. The van der Waals surface area contributed by atoms with E-state index in [0.29, 0.717) is 17.0 Å². The molecule has 16 heavy (non-hydrogen) atoms. The summed E-state index contributed by atoms with van der Waals surface area (Å²) >= 11 is 0. The van der Waals surface area contributed by atoms with Gasteiger partial charge in [0.1, 0.15) is 11.5 Å². The van der Waals surface area contributed by atoms with Crippen molar-refractivity contribution in [3.05, 3.63) is 23.8 Å². The normalized spacial score (nSPS) is 11.1. The molecule has 0 unspecified atom stereocenters. The SMILES string of the molecule is COc1ccc(/C(C)=N/NC(C)=O)c(O)c1. The lowest BCUT2D eigenvalue weighted by atomic mass is 10.1. The molecule has 1 aromatic rings. The number of phenols is 1. The summed E-state index contributed by atoms with van der Waals surface area (Å²) in [6.07, 6.45) is 0. The lowest BCUT2D eigenvalue weighted by Gasteiger charge is -2.06. The number of nitrogens with zero attached hydrogens (tertiary/aromatic N) is 1. The summed E-state index contributed by atoms with van der Waals surface area (Å²) < 4.78 is 4.96. The van der Waals surface area contributed by atoms with Gasteiger partial charge in [-0.05, 0) is 19.1 Å². The standard InChI is InChI=1S/C11H14N2O3/c1-7(12-13-8(2)14)10-5-4-9(16-3)6-11(10)15/h4-6,15H,1-3H3,(H,13,14)/b12-7+. The Bertz CT molecular complexity index is 427. The van der Waals surface area contributed by atoms with Crippen LogP contribution in [0.4, 0.5) is 0 Å². The fourth-order valence-corrected chi connectivity index (χ4v) is 1.17. The average Bonchev–Trinajstić information content (AvgIpc) is 2.25. The topological polar surface area (TPSA) is 70.9 Å². The Kier molecular flexibility index (Phi) is 3.88. The number of nitrogens with one attached hydrogen (secondary N) is 1. The first-order chi connectivity index (χ1) is 7.54. The molecule has 0 saturated heterocycles. The number of hydrogen-bond acceptors (Lipinski definition) is 4. The van der Waals surface area contributed by atoms with Crippen molar-refractivity contribution < 1.29 is 14.6 Å². The molecule has 5 heteroatoms. The van der Waals surface area contributed by atoms with Crippen molar-refractivity contribution in [1.82, 2.24) is 5.43 Å². The zero-order valence-corrected chi connectivity index (χ0v) is 9.44. The molecule has 5 nitrogen and oxygen atoms in total. The number of aromatic hydroxyl groups is 1. The predicted octanol–water partition coefficient (Wildman–Crippen LogP) is 1.26. The number of carbonyl (C=O) groups is 1. The van der Waals surface area contributed by atoms with Crippen LogP contribution in [0.25, 0.3) is 0 Å². The van der Waals surface area contributed by atoms with E-state index in [0.717, 1.165) is 0 Å². The van der Waals surface area contributed by atoms with Crippen LogP contribution in [0.1, 0.15) is 19.4 Å². The number of phenolic OH excluding ortho intramolecular Hbond substituents is 1. The van der Waals surface area contributed by atoms with E-state index in [2.05, 4.69) is 10.5 Å². The monoisotopic (exact) mass is 222 g/mol. The molecule has 0 fully saturated rings. The number of amides is 1. The lowest BCUT2D eigenvalue weighted by molar-refractivity contribution is -0.118. The van der Waals surface area contributed by atoms with Crippen LogP contribution in [0.15, 0.2) is 23.3 Å². The first-order valence-corrected chi connectivity index (χ1v) is 4.73. The molecule has 1 rings (SSSR count). The van der Waals surface area contributed by atoms with E-state index < -0.39 is 0 Å². The number of hydrazone groups is 1. The zero-order chi connectivity index (χ0) is 12.1. The van der Waals surface area contributed by atoms with Crippen LogP contribution in [0, 0.1) is 0 Å². The highest BCUT2D eigenvalue weighted by Crippen LogP contribution is 2.23. The van der Waals surface area contributed by atoms with Crippen LogP contribution in [-0.4, -0.2) is 23.8 Å². The van der Waals surface area contributed by atoms with Gasteiger partial charge in [0.15, 0.2) is 0 Å². The fraction of sp³-hybridized carbons (Fsp3) is 0.273. The van der Waals surface area contributed by atoms with Crippen LogP contribution in [-0.2, 0) is 4.79 Å². The molecule has 1 aromatic carbocycles. The number of ether oxygens (including phenoxy) is 1. The summed E-state index contributed by atoms with van der Waals surface area (Å²) in [5.74, 6) is 0.367. The molecule has 1 amide bonds. The summed E-state index contributed by atoms with van der Waals surface area (Å²) in [5.41, 5.74) is 3.38. The molecule has 2 N–H and O–H groups in total. The fourth-order valence-electron chi connectivity index (χ4n) is 1.17. The van der Waals surface area contributed by atoms with Gasteiger partial charge in [-0.1, -0.05) is 0 Å². The van der Waals surface area contributed by atoms with Gasteiger partial charge in [-0.3, -0.25) is 4.79 Å². The van der Waals surface area contributed by atoms with Crippen LogP contribution in [0.5, 0.6) is 11.5 Å². The molecule has 0 heterocycles. The summed E-state index contributed by atoms with van der Waals surface area (Å²) in [5, 5.41) is 13.5. The third-order valence-corrected chi connectivity index (χ3v) is 1.98. The van der Waals surface area contributed by atoms with Crippen molar-refractivity contribution in [1.29, 1.82) is 0 Å². The summed E-state index contributed by atoms with van der Waals surface area (Å²) in [6.45, 7) is 3.06. The molecule has 0 aromatic heterocycles. The average molecular weight is 222 g/mol. The highest BCUT2D eigenvalue weighted by molar-refractivity contribution is 6.01. The molecule has 0 radical (unpaired) electrons. The Morgan fingerprint density at radius 1 is 1.44 bits per heavy atom. The number of hydrogen-bond donors (Lipinski definition) is 2. The van der Waals surface area contributed by atoms with E-state index in [1.54, 1.807) is 19.1 Å². The van der Waals surface area contributed by atoms with Crippen LogP contribution in [0.2, 0.25) is 0 Å². The smallest absolute Gasteiger partial charge is 0.236 e. The van der Waals surface area contributed by atoms with Crippen LogP contribution < -0.4 is 10.2 Å². The zero-order valence-electron chi connectivity index (χ0n) is 9.44. The van der Waals surface area contributed by atoms with Crippen molar-refractivity contribution in [2.45, 2.75) is 13.8 Å². The van der Waals surface area contributed by atoms with Gasteiger partial charge in [0.25, 0.3) is 0 Å². The molecule has 0 bridgehead atoms. The minimum Gasteiger partial charge on any atom is -0.507 e. The molecule has 0 saturated carbocycles. The van der Waals surface area contributed by atoms with E-state index in [4.69, 9.17) is 4.74 Å². The molecular formula is C11H14N2O3. The highest BCUT2D eigenvalue weighted by atomic mass is 16.5. The van der Waals surface area contributed by atoms with E-state index in [-0.39, 0.29) is 11.7 Å². The third kappa shape index (κ3) is 2.98. The van der Waals surface area contributed by atoms with Gasteiger partial charge < -0.3 is 9.84 Å². The Morgan fingerprint density at radius 3 is 2.62 bits per heavy atom. The second kappa shape index (κ2) is 5.16. The van der Waals surface area contributed by atoms with Gasteiger partial charge in [0.2, 0.25) is 5.91 Å². The molecule has 86 valence electrons. The van der Waals surface area contributed by atoms with Gasteiger partial charge >= 0.3 is 0 Å². The second-order valence-electron chi connectivity index (χ2n) is 3.25. The van der Waals surface area contributed by atoms with Crippen molar-refractivity contribution in [3.63, 3.8) is 0 Å². The van der Waals surface area contributed by atoms with E-state index in [9.17, 15) is 9.90 Å². The first-order valence-electron chi connectivity index (χ1n) is 4.73. The largest absolute Gasteiger partial charge is 0.507 e. The lowest BCUT2D eigenvalue weighted by Crippen LogP contribution is -2.15. The quantitative estimate of drug-likeness (QED) is 0.597. The Hall–Kier alpha value is -2.04. The van der Waals surface area contributed by atoms with Gasteiger partial charge in [-0.25, -0.2) is 5.43 Å². The van der Waals surface area contributed by atoms with Gasteiger partial charge in [0, 0.05) is 18.6 Å². The highest BCUT2D eigenvalue weighted by Gasteiger charge is 2.06. The maximum Gasteiger partial charge on any atom is 0.236 e. The Balaban J connectivity index is 2.95. The van der Waals surface area contributed by atoms with E-state index in [1.807, 2.05) is 0 Å². The summed E-state index contributed by atoms with van der Waals surface area (Å²) in [4.78, 5) is 10.7. The third-order valence-electron chi connectivity index (χ3n) is 1.98. The minimum atomic E-state index is -0.257. The van der Waals surface area contributed by atoms with Crippen molar-refractivity contribution >= 4 is 11.6 Å². The number of benzene rings is 1. The number of carbonyl (C=O) groups excluding carboxylic acids is 1. The Morgan fingerprint density at radius 2 is 2.12 bits per heavy atom. The second-order valence-corrected chi connectivity index (χ2v) is 3.25. The summed E-state index contributed by atoms with van der Waals surface area (Å²) in [6, 6.07) is 4.87. The van der Waals surface area contributed by atoms with Crippen molar-refractivity contribution in [2.24, 2.45) is 5.10 Å². The molecule has 0 spiro atoms. The van der Waals surface area contributed by atoms with Crippen LogP contribution >= 0.6 is 0 Å². The van der Waals surface area contributed by atoms with E-state index in [1.165, 1.54) is 20.1 Å². The summed E-state index contributed by atoms with van der Waals surface area (Å²) in [7, 11) is 1.52. The van der Waals surface area contributed by atoms with Crippen molar-refractivity contribution in [2.75, 3.05) is 7.11 Å². The van der Waals surface area contributed by atoms with Gasteiger partial charge in [0.05, 0.1) is 12.8 Å².